The van der Waals surface area contributed by atoms with Gasteiger partial charge in [-0.25, -0.2) is 4.39 Å². The van der Waals surface area contributed by atoms with E-state index in [9.17, 15) is 27.2 Å². The van der Waals surface area contributed by atoms with Gasteiger partial charge in [0.15, 0.2) is 0 Å². The first-order valence-corrected chi connectivity index (χ1v) is 6.77. The lowest BCUT2D eigenvalue weighted by Crippen LogP contribution is -2.36. The van der Waals surface area contributed by atoms with Crippen molar-refractivity contribution < 1.29 is 27.2 Å². The first kappa shape index (κ1) is 17.5. The van der Waals surface area contributed by atoms with Crippen LogP contribution in [0.25, 0.3) is 0 Å². The summed E-state index contributed by atoms with van der Waals surface area (Å²) in [5.74, 6) is -3.43. The molecule has 0 saturated carbocycles. The number of halogens is 4. The summed E-state index contributed by atoms with van der Waals surface area (Å²) >= 11 is 0. The van der Waals surface area contributed by atoms with Crippen molar-refractivity contribution in [2.45, 2.75) is 12.7 Å². The van der Waals surface area contributed by atoms with E-state index in [1.54, 1.807) is 5.32 Å². The molecule has 126 valence electrons. The van der Waals surface area contributed by atoms with E-state index in [4.69, 9.17) is 0 Å². The summed E-state index contributed by atoms with van der Waals surface area (Å²) in [4.78, 5) is 22.7. The van der Waals surface area contributed by atoms with E-state index >= 15 is 0 Å². The molecule has 0 aromatic heterocycles. The van der Waals surface area contributed by atoms with Gasteiger partial charge in [-0.1, -0.05) is 24.3 Å². The molecule has 8 heteroatoms. The van der Waals surface area contributed by atoms with Crippen LogP contribution in [-0.2, 0) is 11.3 Å². The highest BCUT2D eigenvalue weighted by Crippen LogP contribution is 2.16. The minimum atomic E-state index is -4.96. The number of rotatable bonds is 4. The van der Waals surface area contributed by atoms with Crippen LogP contribution in [0.2, 0.25) is 0 Å². The Bertz CT molecular complexity index is 760. The number of amides is 2. The molecule has 2 amide bonds. The Hall–Kier alpha value is -2.90. The molecule has 0 spiro atoms. The second-order valence-electron chi connectivity index (χ2n) is 4.81. The minimum Gasteiger partial charge on any atom is -0.344 e. The summed E-state index contributed by atoms with van der Waals surface area (Å²) in [7, 11) is 0. The topological polar surface area (TPSA) is 58.2 Å². The molecule has 0 saturated heterocycles. The summed E-state index contributed by atoms with van der Waals surface area (Å²) in [6.45, 7) is -0.359. The second-order valence-corrected chi connectivity index (χ2v) is 4.81. The van der Waals surface area contributed by atoms with Gasteiger partial charge in [0.25, 0.3) is 5.91 Å². The van der Waals surface area contributed by atoms with E-state index in [0.29, 0.717) is 5.56 Å². The van der Waals surface area contributed by atoms with Crippen molar-refractivity contribution >= 4 is 17.5 Å². The molecule has 2 aromatic rings. The van der Waals surface area contributed by atoms with Gasteiger partial charge in [-0.2, -0.15) is 13.2 Å². The van der Waals surface area contributed by atoms with Gasteiger partial charge in [0.2, 0.25) is 0 Å². The van der Waals surface area contributed by atoms with Gasteiger partial charge in [0.1, 0.15) is 5.82 Å². The van der Waals surface area contributed by atoms with Crippen LogP contribution in [0.4, 0.5) is 23.2 Å². The van der Waals surface area contributed by atoms with Crippen LogP contribution in [0.1, 0.15) is 15.9 Å². The van der Waals surface area contributed by atoms with Crippen molar-refractivity contribution in [1.82, 2.24) is 5.32 Å². The van der Waals surface area contributed by atoms with Gasteiger partial charge in [0.05, 0.1) is 5.56 Å². The fraction of sp³-hybridized carbons (Fsp3) is 0.125. The quantitative estimate of drug-likeness (QED) is 0.840. The highest BCUT2D eigenvalue weighted by Gasteiger charge is 2.38. The zero-order valence-electron chi connectivity index (χ0n) is 12.2. The average Bonchev–Trinajstić information content (AvgIpc) is 2.52. The zero-order chi connectivity index (χ0) is 17.7. The number of carbonyl (C=O) groups excluding carboxylic acids is 2. The van der Waals surface area contributed by atoms with Crippen LogP contribution in [0.3, 0.4) is 0 Å². The molecule has 0 fully saturated rings. The van der Waals surface area contributed by atoms with E-state index in [0.717, 1.165) is 6.07 Å². The Morgan fingerprint density at radius 1 is 1.00 bits per heavy atom. The van der Waals surface area contributed by atoms with E-state index in [2.05, 4.69) is 5.32 Å². The molecule has 2 rings (SSSR count). The molecule has 2 N–H and O–H groups in total. The smallest absolute Gasteiger partial charge is 0.344 e. The van der Waals surface area contributed by atoms with E-state index in [-0.39, 0.29) is 17.8 Å². The van der Waals surface area contributed by atoms with Crippen molar-refractivity contribution in [2.24, 2.45) is 0 Å². The third-order valence-corrected chi connectivity index (χ3v) is 3.01. The molecule has 0 aliphatic carbocycles. The maximum absolute atomic E-state index is 13.5. The molecule has 4 nitrogen and oxygen atoms in total. The Morgan fingerprint density at radius 2 is 1.71 bits per heavy atom. The Labute approximate surface area is 134 Å². The maximum Gasteiger partial charge on any atom is 0.471 e. The average molecular weight is 340 g/mol. The maximum atomic E-state index is 13.5. The number of benzene rings is 2. The first-order chi connectivity index (χ1) is 11.3. The molecule has 0 aliphatic heterocycles. The lowest BCUT2D eigenvalue weighted by atomic mass is 10.1. The van der Waals surface area contributed by atoms with Crippen LogP contribution in [0.15, 0.2) is 48.5 Å². The molecule has 0 bridgehead atoms. The van der Waals surface area contributed by atoms with Crippen molar-refractivity contribution in [1.29, 1.82) is 0 Å². The monoisotopic (exact) mass is 340 g/mol. The lowest BCUT2D eigenvalue weighted by molar-refractivity contribution is -0.173. The van der Waals surface area contributed by atoms with Crippen LogP contribution < -0.4 is 10.6 Å². The number of hydrogen-bond donors (Lipinski definition) is 2. The fourth-order valence-corrected chi connectivity index (χ4v) is 1.89. The molecule has 0 heterocycles. The molecular weight excluding hydrogens is 328 g/mol. The predicted octanol–water partition coefficient (Wildman–Crippen LogP) is 3.26. The molecule has 0 unspecified atom stereocenters. The van der Waals surface area contributed by atoms with Crippen LogP contribution in [-0.4, -0.2) is 18.0 Å². The summed E-state index contributed by atoms with van der Waals surface area (Å²) in [5.41, 5.74) is 0.453. The number of anilines is 1. The Morgan fingerprint density at radius 3 is 2.38 bits per heavy atom. The van der Waals surface area contributed by atoms with Crippen molar-refractivity contribution in [3.63, 3.8) is 0 Å². The Balaban J connectivity index is 2.04. The van der Waals surface area contributed by atoms with E-state index < -0.39 is 23.8 Å². The third kappa shape index (κ3) is 4.55. The van der Waals surface area contributed by atoms with Gasteiger partial charge in [0, 0.05) is 12.2 Å². The van der Waals surface area contributed by atoms with Crippen molar-refractivity contribution in [3.8, 4) is 0 Å². The van der Waals surface area contributed by atoms with Crippen LogP contribution in [0, 0.1) is 5.82 Å². The number of carbonyl (C=O) groups is 2. The van der Waals surface area contributed by atoms with Gasteiger partial charge in [-0.05, 0) is 29.8 Å². The molecule has 0 atom stereocenters. The third-order valence-electron chi connectivity index (χ3n) is 3.01. The largest absolute Gasteiger partial charge is 0.471 e. The second kappa shape index (κ2) is 7.12. The predicted molar refractivity (Wildman–Crippen MR) is 78.7 cm³/mol. The zero-order valence-corrected chi connectivity index (χ0v) is 12.2. The first-order valence-electron chi connectivity index (χ1n) is 6.77. The summed E-state index contributed by atoms with van der Waals surface area (Å²) in [6.07, 6.45) is -4.96. The molecule has 0 radical (unpaired) electrons. The van der Waals surface area contributed by atoms with Crippen LogP contribution >= 0.6 is 0 Å². The van der Waals surface area contributed by atoms with Gasteiger partial charge in [-0.3, -0.25) is 9.59 Å². The SMILES string of the molecule is O=C(Nc1cccc(CNC(=O)C(F)(F)F)c1)c1ccccc1F. The Kier molecular flexibility index (Phi) is 5.18. The number of hydrogen-bond acceptors (Lipinski definition) is 2. The molecule has 2 aromatic carbocycles. The van der Waals surface area contributed by atoms with Gasteiger partial charge < -0.3 is 10.6 Å². The number of alkyl halides is 3. The summed E-state index contributed by atoms with van der Waals surface area (Å²) < 4.78 is 49.9. The summed E-state index contributed by atoms with van der Waals surface area (Å²) in [5, 5.41) is 4.17. The normalized spacial score (nSPS) is 11.0. The fourth-order valence-electron chi connectivity index (χ4n) is 1.89. The van der Waals surface area contributed by atoms with Gasteiger partial charge in [-0.15, -0.1) is 0 Å². The minimum absolute atomic E-state index is 0.159. The van der Waals surface area contributed by atoms with Crippen molar-refractivity contribution in [3.05, 3.63) is 65.5 Å². The molecular formula is C16H12F4N2O2. The van der Waals surface area contributed by atoms with Crippen molar-refractivity contribution in [2.75, 3.05) is 5.32 Å². The van der Waals surface area contributed by atoms with Crippen LogP contribution in [0.5, 0.6) is 0 Å². The number of nitrogens with one attached hydrogen (secondary N) is 2. The standard InChI is InChI=1S/C16H12F4N2O2/c17-13-7-2-1-6-12(13)14(23)22-11-5-3-4-10(8-11)9-21-15(24)16(18,19)20/h1-8H,9H2,(H,21,24)(H,22,23). The molecule has 24 heavy (non-hydrogen) atoms. The lowest BCUT2D eigenvalue weighted by Gasteiger charge is -2.10. The van der Waals surface area contributed by atoms with E-state index in [1.807, 2.05) is 0 Å². The highest BCUT2D eigenvalue weighted by molar-refractivity contribution is 6.04. The van der Waals surface area contributed by atoms with E-state index in [1.165, 1.54) is 42.5 Å². The molecule has 0 aliphatic rings. The summed E-state index contributed by atoms with van der Waals surface area (Å²) in [6, 6.07) is 11.2. The van der Waals surface area contributed by atoms with Gasteiger partial charge >= 0.3 is 12.1 Å². The highest BCUT2D eigenvalue weighted by atomic mass is 19.4.